The normalized spacial score (nSPS) is 27.1. The maximum Gasteiger partial charge on any atom is 0.137 e. The summed E-state index contributed by atoms with van der Waals surface area (Å²) < 4.78 is 0. The molecule has 0 aromatic rings. The highest BCUT2D eigenvalue weighted by Crippen LogP contribution is 2.19. The van der Waals surface area contributed by atoms with Gasteiger partial charge in [0.15, 0.2) is 0 Å². The summed E-state index contributed by atoms with van der Waals surface area (Å²) in [5.74, 6) is 3.67. The van der Waals surface area contributed by atoms with Crippen molar-refractivity contribution in [3.05, 3.63) is 0 Å². The zero-order valence-corrected chi connectivity index (χ0v) is 8.18. The molecule has 2 unspecified atom stereocenters. The van der Waals surface area contributed by atoms with Crippen molar-refractivity contribution in [2.24, 2.45) is 11.8 Å². The van der Waals surface area contributed by atoms with Gasteiger partial charge in [-0.25, -0.2) is 0 Å². The van der Waals surface area contributed by atoms with Crippen LogP contribution in [-0.4, -0.2) is 18.9 Å². The van der Waals surface area contributed by atoms with Crippen molar-refractivity contribution in [3.63, 3.8) is 0 Å². The van der Waals surface area contributed by atoms with Crippen molar-refractivity contribution in [2.75, 3.05) is 13.1 Å². The van der Waals surface area contributed by atoms with Gasteiger partial charge in [-0.1, -0.05) is 6.92 Å². The lowest BCUT2D eigenvalue weighted by Crippen LogP contribution is -2.20. The van der Waals surface area contributed by atoms with E-state index in [1.54, 1.807) is 0 Å². The van der Waals surface area contributed by atoms with E-state index in [0.717, 1.165) is 25.9 Å². The number of nitrogens with one attached hydrogen (secondary N) is 1. The molecule has 0 bridgehead atoms. The molecule has 72 valence electrons. The molecule has 0 amide bonds. The minimum absolute atomic E-state index is 0.234. The molecule has 1 aliphatic heterocycles. The number of terminal acetylenes is 1. The summed E-state index contributed by atoms with van der Waals surface area (Å²) in [6.07, 6.45) is 7.34. The summed E-state index contributed by atoms with van der Waals surface area (Å²) in [4.78, 5) is 11.6. The highest BCUT2D eigenvalue weighted by Gasteiger charge is 2.28. The monoisotopic (exact) mass is 179 g/mol. The minimum atomic E-state index is 0.234. The molecule has 1 heterocycles. The summed E-state index contributed by atoms with van der Waals surface area (Å²) in [5, 5.41) is 3.23. The van der Waals surface area contributed by atoms with Crippen LogP contribution in [0.2, 0.25) is 0 Å². The average molecular weight is 179 g/mol. The Morgan fingerprint density at radius 2 is 2.38 bits per heavy atom. The van der Waals surface area contributed by atoms with E-state index >= 15 is 0 Å². The number of rotatable bonds is 4. The lowest BCUT2D eigenvalue weighted by molar-refractivity contribution is -0.123. The summed E-state index contributed by atoms with van der Waals surface area (Å²) in [5.41, 5.74) is 0. The molecule has 1 N–H and O–H groups in total. The van der Waals surface area contributed by atoms with E-state index in [0.29, 0.717) is 18.1 Å². The van der Waals surface area contributed by atoms with Gasteiger partial charge in [-0.15, -0.1) is 12.3 Å². The van der Waals surface area contributed by atoms with Gasteiger partial charge in [0, 0.05) is 25.3 Å². The van der Waals surface area contributed by atoms with Crippen LogP contribution in [0.25, 0.3) is 0 Å². The SMILES string of the molecule is C#CCCCC(=O)C1CNCC1C. The first-order valence-electron chi connectivity index (χ1n) is 4.92. The molecule has 0 radical (unpaired) electrons. The molecule has 0 aromatic carbocycles. The average Bonchev–Trinajstić information content (AvgIpc) is 2.52. The van der Waals surface area contributed by atoms with Crippen molar-refractivity contribution < 1.29 is 4.79 Å². The molecule has 1 fully saturated rings. The van der Waals surface area contributed by atoms with Gasteiger partial charge in [0.2, 0.25) is 0 Å². The molecule has 2 atom stereocenters. The van der Waals surface area contributed by atoms with E-state index < -0.39 is 0 Å². The van der Waals surface area contributed by atoms with Crippen molar-refractivity contribution >= 4 is 5.78 Å². The fraction of sp³-hybridized carbons (Fsp3) is 0.727. The topological polar surface area (TPSA) is 29.1 Å². The molecular weight excluding hydrogens is 162 g/mol. The number of Topliss-reactive ketones (excluding diaryl/α,β-unsaturated/α-hetero) is 1. The lowest BCUT2D eigenvalue weighted by atomic mass is 9.91. The van der Waals surface area contributed by atoms with Crippen LogP contribution in [0.3, 0.4) is 0 Å². The molecule has 1 saturated heterocycles. The maximum absolute atomic E-state index is 11.6. The molecule has 0 aliphatic carbocycles. The molecule has 2 heteroatoms. The van der Waals surface area contributed by atoms with E-state index in [4.69, 9.17) is 6.42 Å². The maximum atomic E-state index is 11.6. The Labute approximate surface area is 80.1 Å². The van der Waals surface area contributed by atoms with Crippen molar-refractivity contribution in [1.29, 1.82) is 0 Å². The fourth-order valence-electron chi connectivity index (χ4n) is 1.79. The second kappa shape index (κ2) is 5.04. The Balaban J connectivity index is 2.27. The second-order valence-corrected chi connectivity index (χ2v) is 3.77. The van der Waals surface area contributed by atoms with Crippen LogP contribution in [0.15, 0.2) is 0 Å². The first-order valence-corrected chi connectivity index (χ1v) is 4.92. The number of hydrogen-bond donors (Lipinski definition) is 1. The molecular formula is C11H17NO. The van der Waals surface area contributed by atoms with Crippen molar-refractivity contribution in [2.45, 2.75) is 26.2 Å². The number of hydrogen-bond acceptors (Lipinski definition) is 2. The molecule has 2 nitrogen and oxygen atoms in total. The van der Waals surface area contributed by atoms with E-state index in [-0.39, 0.29) is 5.92 Å². The predicted molar refractivity (Wildman–Crippen MR) is 53.2 cm³/mol. The molecule has 1 aliphatic rings. The van der Waals surface area contributed by atoms with Gasteiger partial charge < -0.3 is 5.32 Å². The van der Waals surface area contributed by atoms with E-state index in [2.05, 4.69) is 18.2 Å². The molecule has 0 aromatic heterocycles. The fourth-order valence-corrected chi connectivity index (χ4v) is 1.79. The van der Waals surface area contributed by atoms with Gasteiger partial charge in [0.05, 0.1) is 0 Å². The molecule has 1 rings (SSSR count). The Morgan fingerprint density at radius 1 is 1.62 bits per heavy atom. The zero-order valence-electron chi connectivity index (χ0n) is 8.18. The predicted octanol–water partition coefficient (Wildman–Crippen LogP) is 1.21. The number of ketones is 1. The van der Waals surface area contributed by atoms with Gasteiger partial charge in [-0.2, -0.15) is 0 Å². The largest absolute Gasteiger partial charge is 0.316 e. The standard InChI is InChI=1S/C11H17NO/c1-3-4-5-6-11(13)10-8-12-7-9(10)2/h1,9-10,12H,4-8H2,2H3. The Hall–Kier alpha value is -0.810. The Morgan fingerprint density at radius 3 is 2.92 bits per heavy atom. The number of carbonyl (C=O) groups is 1. The smallest absolute Gasteiger partial charge is 0.137 e. The molecule has 0 saturated carbocycles. The highest BCUT2D eigenvalue weighted by atomic mass is 16.1. The van der Waals surface area contributed by atoms with Crippen LogP contribution >= 0.6 is 0 Å². The van der Waals surface area contributed by atoms with Gasteiger partial charge in [-0.3, -0.25) is 4.79 Å². The summed E-state index contributed by atoms with van der Waals surface area (Å²) in [7, 11) is 0. The van der Waals surface area contributed by atoms with Crippen LogP contribution in [0.5, 0.6) is 0 Å². The summed E-state index contributed by atoms with van der Waals surface area (Å²) in [6, 6.07) is 0. The van der Waals surface area contributed by atoms with Crippen LogP contribution in [-0.2, 0) is 4.79 Å². The van der Waals surface area contributed by atoms with Gasteiger partial charge in [-0.05, 0) is 18.9 Å². The Kier molecular flexibility index (Phi) is 3.98. The third-order valence-electron chi connectivity index (χ3n) is 2.68. The first kappa shape index (κ1) is 10.3. The van der Waals surface area contributed by atoms with Crippen LogP contribution in [0.4, 0.5) is 0 Å². The summed E-state index contributed by atoms with van der Waals surface area (Å²) in [6.45, 7) is 3.96. The van der Waals surface area contributed by atoms with Crippen molar-refractivity contribution in [3.8, 4) is 12.3 Å². The van der Waals surface area contributed by atoms with Crippen LogP contribution in [0.1, 0.15) is 26.2 Å². The van der Waals surface area contributed by atoms with E-state index in [9.17, 15) is 4.79 Å². The van der Waals surface area contributed by atoms with Crippen molar-refractivity contribution in [1.82, 2.24) is 5.32 Å². The van der Waals surface area contributed by atoms with Gasteiger partial charge >= 0.3 is 0 Å². The molecule has 13 heavy (non-hydrogen) atoms. The third kappa shape index (κ3) is 2.86. The Bertz CT molecular complexity index is 217. The molecule has 0 spiro atoms. The first-order chi connectivity index (χ1) is 6.25. The number of unbranched alkanes of at least 4 members (excludes halogenated alkanes) is 1. The number of carbonyl (C=O) groups excluding carboxylic acids is 1. The minimum Gasteiger partial charge on any atom is -0.316 e. The van der Waals surface area contributed by atoms with Gasteiger partial charge in [0.25, 0.3) is 0 Å². The second-order valence-electron chi connectivity index (χ2n) is 3.77. The highest BCUT2D eigenvalue weighted by molar-refractivity contribution is 5.81. The van der Waals surface area contributed by atoms with Crippen LogP contribution < -0.4 is 5.32 Å². The lowest BCUT2D eigenvalue weighted by Gasteiger charge is -2.11. The van der Waals surface area contributed by atoms with Crippen LogP contribution in [0, 0.1) is 24.2 Å². The van der Waals surface area contributed by atoms with E-state index in [1.807, 2.05) is 0 Å². The van der Waals surface area contributed by atoms with E-state index in [1.165, 1.54) is 0 Å². The zero-order chi connectivity index (χ0) is 9.68. The quantitative estimate of drug-likeness (QED) is 0.519. The summed E-state index contributed by atoms with van der Waals surface area (Å²) >= 11 is 0. The third-order valence-corrected chi connectivity index (χ3v) is 2.68. The van der Waals surface area contributed by atoms with Gasteiger partial charge in [0.1, 0.15) is 5.78 Å².